The van der Waals surface area contributed by atoms with E-state index in [-0.39, 0.29) is 5.56 Å². The van der Waals surface area contributed by atoms with E-state index in [1.807, 2.05) is 10.8 Å². The molecule has 0 bridgehead atoms. The SMILES string of the molecule is COc1cccc2c(=O)n(Cc3nccn3C(C)C)cnc12. The lowest BCUT2D eigenvalue weighted by atomic mass is 10.2. The lowest BCUT2D eigenvalue weighted by molar-refractivity contribution is 0.418. The Kier molecular flexibility index (Phi) is 3.66. The van der Waals surface area contributed by atoms with Crippen LogP contribution in [0.5, 0.6) is 5.75 Å². The number of ether oxygens (including phenoxy) is 1. The average Bonchev–Trinajstić information content (AvgIpc) is 2.98. The molecule has 2 heterocycles. The summed E-state index contributed by atoms with van der Waals surface area (Å²) in [5, 5.41) is 0.546. The fourth-order valence-corrected chi connectivity index (χ4v) is 2.53. The van der Waals surface area contributed by atoms with Crippen molar-refractivity contribution in [3.05, 3.63) is 53.1 Å². The minimum Gasteiger partial charge on any atom is -0.494 e. The molecule has 3 aromatic rings. The summed E-state index contributed by atoms with van der Waals surface area (Å²) in [5.74, 6) is 1.44. The third-order valence-corrected chi connectivity index (χ3v) is 3.65. The predicted octanol–water partition coefficient (Wildman–Crippen LogP) is 2.23. The molecule has 0 amide bonds. The van der Waals surface area contributed by atoms with Crippen LogP contribution in [-0.2, 0) is 6.54 Å². The van der Waals surface area contributed by atoms with Crippen molar-refractivity contribution in [3.8, 4) is 5.75 Å². The number of benzene rings is 1. The number of rotatable bonds is 4. The van der Waals surface area contributed by atoms with E-state index in [1.54, 1.807) is 42.4 Å². The maximum absolute atomic E-state index is 12.6. The number of hydrogen-bond donors (Lipinski definition) is 0. The van der Waals surface area contributed by atoms with Crippen LogP contribution in [0.3, 0.4) is 0 Å². The van der Waals surface area contributed by atoms with Gasteiger partial charge in [-0.15, -0.1) is 0 Å². The van der Waals surface area contributed by atoms with Gasteiger partial charge < -0.3 is 9.30 Å². The molecule has 0 spiro atoms. The van der Waals surface area contributed by atoms with Crippen LogP contribution >= 0.6 is 0 Å². The van der Waals surface area contributed by atoms with Crippen molar-refractivity contribution in [3.63, 3.8) is 0 Å². The van der Waals surface area contributed by atoms with Crippen molar-refractivity contribution in [2.24, 2.45) is 0 Å². The quantitative estimate of drug-likeness (QED) is 0.741. The van der Waals surface area contributed by atoms with Gasteiger partial charge in [0.05, 0.1) is 25.4 Å². The number of imidazole rings is 1. The Hall–Kier alpha value is -2.63. The van der Waals surface area contributed by atoms with Crippen molar-refractivity contribution in [1.29, 1.82) is 0 Å². The van der Waals surface area contributed by atoms with Crippen molar-refractivity contribution >= 4 is 10.9 Å². The molecule has 22 heavy (non-hydrogen) atoms. The second-order valence-electron chi connectivity index (χ2n) is 5.38. The number of nitrogens with zero attached hydrogens (tertiary/aromatic N) is 4. The van der Waals surface area contributed by atoms with E-state index in [0.717, 1.165) is 5.82 Å². The first-order chi connectivity index (χ1) is 10.6. The van der Waals surface area contributed by atoms with Gasteiger partial charge in [-0.3, -0.25) is 9.36 Å². The molecule has 0 aliphatic rings. The fourth-order valence-electron chi connectivity index (χ4n) is 2.53. The summed E-state index contributed by atoms with van der Waals surface area (Å²) in [6, 6.07) is 5.65. The van der Waals surface area contributed by atoms with Gasteiger partial charge in [-0.1, -0.05) is 6.07 Å². The molecule has 1 aromatic carbocycles. The molecule has 0 N–H and O–H groups in total. The third kappa shape index (κ3) is 2.36. The Labute approximate surface area is 128 Å². The maximum Gasteiger partial charge on any atom is 0.261 e. The molecule has 0 saturated carbocycles. The topological polar surface area (TPSA) is 61.9 Å². The molecule has 6 nitrogen and oxygen atoms in total. The molecule has 114 valence electrons. The van der Waals surface area contributed by atoms with E-state index in [0.29, 0.717) is 29.2 Å². The molecule has 2 aromatic heterocycles. The van der Waals surface area contributed by atoms with Gasteiger partial charge >= 0.3 is 0 Å². The lowest BCUT2D eigenvalue weighted by Gasteiger charge is -2.13. The molecule has 0 unspecified atom stereocenters. The van der Waals surface area contributed by atoms with Crippen LogP contribution in [0.2, 0.25) is 0 Å². The zero-order chi connectivity index (χ0) is 15.7. The van der Waals surface area contributed by atoms with Crippen LogP contribution in [0.25, 0.3) is 10.9 Å². The van der Waals surface area contributed by atoms with Crippen LogP contribution < -0.4 is 10.3 Å². The van der Waals surface area contributed by atoms with Gasteiger partial charge in [-0.25, -0.2) is 9.97 Å². The average molecular weight is 298 g/mol. The van der Waals surface area contributed by atoms with Crippen LogP contribution in [0.15, 0.2) is 41.7 Å². The highest BCUT2D eigenvalue weighted by atomic mass is 16.5. The highest BCUT2D eigenvalue weighted by Gasteiger charge is 2.11. The highest BCUT2D eigenvalue weighted by Crippen LogP contribution is 2.20. The lowest BCUT2D eigenvalue weighted by Crippen LogP contribution is -2.23. The minimum atomic E-state index is -0.0952. The normalized spacial score (nSPS) is 11.3. The summed E-state index contributed by atoms with van der Waals surface area (Å²) >= 11 is 0. The standard InChI is InChI=1S/C16H18N4O2/c1-11(2)20-8-7-17-14(20)9-19-10-18-15-12(16(19)21)5-4-6-13(15)22-3/h4-8,10-11H,9H2,1-3H3. The Bertz CT molecular complexity index is 864. The first kappa shape index (κ1) is 14.3. The molecular weight excluding hydrogens is 280 g/mol. The molecule has 0 fully saturated rings. The van der Waals surface area contributed by atoms with E-state index in [2.05, 4.69) is 23.8 Å². The van der Waals surface area contributed by atoms with Crippen LogP contribution in [0.1, 0.15) is 25.7 Å². The highest BCUT2D eigenvalue weighted by molar-refractivity contribution is 5.83. The second-order valence-corrected chi connectivity index (χ2v) is 5.38. The molecule has 0 atom stereocenters. The maximum atomic E-state index is 12.6. The Morgan fingerprint density at radius 1 is 1.27 bits per heavy atom. The monoisotopic (exact) mass is 298 g/mol. The molecule has 6 heteroatoms. The van der Waals surface area contributed by atoms with Gasteiger partial charge in [0.15, 0.2) is 0 Å². The van der Waals surface area contributed by atoms with Crippen molar-refractivity contribution in [2.45, 2.75) is 26.4 Å². The Balaban J connectivity index is 2.07. The molecule has 0 aliphatic carbocycles. The summed E-state index contributed by atoms with van der Waals surface area (Å²) in [5.41, 5.74) is 0.487. The summed E-state index contributed by atoms with van der Waals surface area (Å²) in [7, 11) is 1.57. The summed E-state index contributed by atoms with van der Waals surface area (Å²) in [4.78, 5) is 21.3. The molecule has 0 aliphatic heterocycles. The van der Waals surface area contributed by atoms with E-state index in [4.69, 9.17) is 4.74 Å². The number of methoxy groups -OCH3 is 1. The zero-order valence-corrected chi connectivity index (χ0v) is 12.9. The van der Waals surface area contributed by atoms with Gasteiger partial charge in [0.25, 0.3) is 5.56 Å². The molecule has 3 rings (SSSR count). The van der Waals surface area contributed by atoms with Gasteiger partial charge in [0.2, 0.25) is 0 Å². The fraction of sp³-hybridized carbons (Fsp3) is 0.312. The number of hydrogen-bond acceptors (Lipinski definition) is 4. The second kappa shape index (κ2) is 5.63. The van der Waals surface area contributed by atoms with Gasteiger partial charge in [-0.05, 0) is 26.0 Å². The van der Waals surface area contributed by atoms with E-state index < -0.39 is 0 Å². The van der Waals surface area contributed by atoms with Crippen LogP contribution in [-0.4, -0.2) is 26.2 Å². The number of para-hydroxylation sites is 1. The summed E-state index contributed by atoms with van der Waals surface area (Å²) in [6.07, 6.45) is 5.22. The minimum absolute atomic E-state index is 0.0952. The summed E-state index contributed by atoms with van der Waals surface area (Å²) < 4.78 is 8.87. The van der Waals surface area contributed by atoms with E-state index in [9.17, 15) is 4.79 Å². The smallest absolute Gasteiger partial charge is 0.261 e. The predicted molar refractivity (Wildman–Crippen MR) is 84.3 cm³/mol. The molecular formula is C16H18N4O2. The first-order valence-electron chi connectivity index (χ1n) is 7.15. The van der Waals surface area contributed by atoms with Gasteiger partial charge in [0.1, 0.15) is 17.1 Å². The largest absolute Gasteiger partial charge is 0.494 e. The zero-order valence-electron chi connectivity index (χ0n) is 12.9. The Morgan fingerprint density at radius 3 is 2.82 bits per heavy atom. The number of aromatic nitrogens is 4. The van der Waals surface area contributed by atoms with Crippen molar-refractivity contribution in [1.82, 2.24) is 19.1 Å². The molecule has 0 radical (unpaired) electrons. The van der Waals surface area contributed by atoms with E-state index >= 15 is 0 Å². The van der Waals surface area contributed by atoms with Crippen LogP contribution in [0, 0.1) is 0 Å². The van der Waals surface area contributed by atoms with Crippen molar-refractivity contribution < 1.29 is 4.74 Å². The first-order valence-corrected chi connectivity index (χ1v) is 7.15. The summed E-state index contributed by atoms with van der Waals surface area (Å²) in [6.45, 7) is 4.55. The third-order valence-electron chi connectivity index (χ3n) is 3.65. The van der Waals surface area contributed by atoms with Gasteiger partial charge in [-0.2, -0.15) is 0 Å². The number of fused-ring (bicyclic) bond motifs is 1. The van der Waals surface area contributed by atoms with Crippen LogP contribution in [0.4, 0.5) is 0 Å². The van der Waals surface area contributed by atoms with Gasteiger partial charge in [0, 0.05) is 18.4 Å². The Morgan fingerprint density at radius 2 is 2.09 bits per heavy atom. The molecule has 0 saturated heterocycles. The van der Waals surface area contributed by atoms with E-state index in [1.165, 1.54) is 0 Å². The van der Waals surface area contributed by atoms with Crippen molar-refractivity contribution in [2.75, 3.05) is 7.11 Å².